The summed E-state index contributed by atoms with van der Waals surface area (Å²) in [6, 6.07) is 8.00. The van der Waals surface area contributed by atoms with Gasteiger partial charge in [0.2, 0.25) is 11.8 Å². The van der Waals surface area contributed by atoms with Crippen molar-refractivity contribution in [2.24, 2.45) is 5.41 Å². The predicted octanol–water partition coefficient (Wildman–Crippen LogP) is 3.56. The Balaban J connectivity index is 1.81. The van der Waals surface area contributed by atoms with E-state index in [2.05, 4.69) is 21.6 Å². The first kappa shape index (κ1) is 19.3. The van der Waals surface area contributed by atoms with Gasteiger partial charge in [0.25, 0.3) is 0 Å². The maximum Gasteiger partial charge on any atom is 0.225 e. The molecule has 0 radical (unpaired) electrons. The van der Waals surface area contributed by atoms with E-state index >= 15 is 0 Å². The Labute approximate surface area is 151 Å². The van der Waals surface area contributed by atoms with E-state index in [1.165, 1.54) is 19.3 Å². The van der Waals surface area contributed by atoms with Crippen LogP contribution in [0.25, 0.3) is 0 Å². The SMILES string of the molecule is CC(C)(C)C(=O)NCCCC(=O)Nc1ccccc1N1CCCCC1. The fourth-order valence-corrected chi connectivity index (χ4v) is 2.92. The number of benzene rings is 1. The van der Waals surface area contributed by atoms with E-state index in [9.17, 15) is 9.59 Å². The summed E-state index contributed by atoms with van der Waals surface area (Å²) >= 11 is 0. The van der Waals surface area contributed by atoms with Crippen LogP contribution < -0.4 is 15.5 Å². The number of para-hydroxylation sites is 2. The first-order valence-electron chi connectivity index (χ1n) is 9.30. The van der Waals surface area contributed by atoms with Crippen LogP contribution in [0.2, 0.25) is 0 Å². The van der Waals surface area contributed by atoms with Crippen LogP contribution in [0.4, 0.5) is 11.4 Å². The number of hydrogen-bond donors (Lipinski definition) is 2. The van der Waals surface area contributed by atoms with Gasteiger partial charge < -0.3 is 15.5 Å². The van der Waals surface area contributed by atoms with Gasteiger partial charge in [-0.05, 0) is 37.8 Å². The zero-order chi connectivity index (χ0) is 18.3. The third-order valence-corrected chi connectivity index (χ3v) is 4.42. The van der Waals surface area contributed by atoms with Gasteiger partial charge in [-0.2, -0.15) is 0 Å². The van der Waals surface area contributed by atoms with Gasteiger partial charge in [0.1, 0.15) is 0 Å². The molecule has 1 heterocycles. The Hall–Kier alpha value is -2.04. The van der Waals surface area contributed by atoms with E-state index in [-0.39, 0.29) is 11.8 Å². The van der Waals surface area contributed by atoms with Crippen molar-refractivity contribution in [1.29, 1.82) is 0 Å². The van der Waals surface area contributed by atoms with Gasteiger partial charge in [-0.1, -0.05) is 32.9 Å². The fraction of sp³-hybridized carbons (Fsp3) is 0.600. The van der Waals surface area contributed by atoms with E-state index in [1.807, 2.05) is 39.0 Å². The predicted molar refractivity (Wildman–Crippen MR) is 103 cm³/mol. The first-order chi connectivity index (χ1) is 11.9. The Morgan fingerprint density at radius 2 is 1.76 bits per heavy atom. The van der Waals surface area contributed by atoms with Gasteiger partial charge >= 0.3 is 0 Å². The lowest BCUT2D eigenvalue weighted by Crippen LogP contribution is -2.35. The second kappa shape index (κ2) is 8.88. The van der Waals surface area contributed by atoms with Crippen LogP contribution in [0, 0.1) is 5.41 Å². The molecule has 5 heteroatoms. The summed E-state index contributed by atoms with van der Waals surface area (Å²) < 4.78 is 0. The molecule has 5 nitrogen and oxygen atoms in total. The molecule has 2 amide bonds. The minimum absolute atomic E-state index is 0.00512. The molecular formula is C20H31N3O2. The third kappa shape index (κ3) is 6.07. The molecule has 1 aromatic rings. The van der Waals surface area contributed by atoms with Crippen molar-refractivity contribution in [2.45, 2.75) is 52.9 Å². The quantitative estimate of drug-likeness (QED) is 0.775. The van der Waals surface area contributed by atoms with E-state index in [1.54, 1.807) is 0 Å². The highest BCUT2D eigenvalue weighted by Crippen LogP contribution is 2.28. The molecular weight excluding hydrogens is 314 g/mol. The number of anilines is 2. The summed E-state index contributed by atoms with van der Waals surface area (Å²) in [5, 5.41) is 5.91. The Morgan fingerprint density at radius 1 is 1.08 bits per heavy atom. The van der Waals surface area contributed by atoms with Crippen LogP contribution in [0.15, 0.2) is 24.3 Å². The van der Waals surface area contributed by atoms with Gasteiger partial charge in [-0.3, -0.25) is 9.59 Å². The van der Waals surface area contributed by atoms with Crippen molar-refractivity contribution in [3.05, 3.63) is 24.3 Å². The average Bonchev–Trinajstić information content (AvgIpc) is 2.59. The van der Waals surface area contributed by atoms with Crippen molar-refractivity contribution in [3.8, 4) is 0 Å². The summed E-state index contributed by atoms with van der Waals surface area (Å²) in [5.41, 5.74) is 1.60. The lowest BCUT2D eigenvalue weighted by molar-refractivity contribution is -0.128. The Kier molecular flexibility index (Phi) is 6.85. The van der Waals surface area contributed by atoms with Gasteiger partial charge in [-0.25, -0.2) is 0 Å². The maximum absolute atomic E-state index is 12.2. The zero-order valence-electron chi connectivity index (χ0n) is 15.7. The minimum Gasteiger partial charge on any atom is -0.370 e. The highest BCUT2D eigenvalue weighted by Gasteiger charge is 2.20. The number of nitrogens with zero attached hydrogens (tertiary/aromatic N) is 1. The van der Waals surface area contributed by atoms with Crippen molar-refractivity contribution in [3.63, 3.8) is 0 Å². The Bertz CT molecular complexity index is 587. The molecule has 2 N–H and O–H groups in total. The van der Waals surface area contributed by atoms with Crippen molar-refractivity contribution < 1.29 is 9.59 Å². The summed E-state index contributed by atoms with van der Waals surface area (Å²) in [6.07, 6.45) is 4.73. The molecule has 0 unspecified atom stereocenters. The molecule has 0 spiro atoms. The zero-order valence-corrected chi connectivity index (χ0v) is 15.7. The number of hydrogen-bond acceptors (Lipinski definition) is 3. The summed E-state index contributed by atoms with van der Waals surface area (Å²) in [7, 11) is 0. The lowest BCUT2D eigenvalue weighted by atomic mass is 9.96. The molecule has 25 heavy (non-hydrogen) atoms. The van der Waals surface area contributed by atoms with Crippen molar-refractivity contribution in [2.75, 3.05) is 29.9 Å². The molecule has 1 aliphatic rings. The average molecular weight is 345 g/mol. The van der Waals surface area contributed by atoms with Crippen LogP contribution >= 0.6 is 0 Å². The largest absolute Gasteiger partial charge is 0.370 e. The van der Waals surface area contributed by atoms with Crippen LogP contribution in [0.3, 0.4) is 0 Å². The number of piperidine rings is 1. The standard InChI is InChI=1S/C20H31N3O2/c1-20(2,3)19(25)21-13-9-12-18(24)22-16-10-5-6-11-17(16)23-14-7-4-8-15-23/h5-6,10-11H,4,7-9,12-15H2,1-3H3,(H,21,25)(H,22,24). The van der Waals surface area contributed by atoms with E-state index in [4.69, 9.17) is 0 Å². The topological polar surface area (TPSA) is 61.4 Å². The van der Waals surface area contributed by atoms with Gasteiger partial charge in [0, 0.05) is 31.5 Å². The number of carbonyl (C=O) groups is 2. The van der Waals surface area contributed by atoms with Crippen LogP contribution in [0.1, 0.15) is 52.9 Å². The second-order valence-corrected chi connectivity index (χ2v) is 7.72. The maximum atomic E-state index is 12.2. The molecule has 138 valence electrons. The van der Waals surface area contributed by atoms with Crippen LogP contribution in [0.5, 0.6) is 0 Å². The summed E-state index contributed by atoms with van der Waals surface area (Å²) in [5.74, 6) is 0.0119. The Morgan fingerprint density at radius 3 is 2.44 bits per heavy atom. The number of amides is 2. The monoisotopic (exact) mass is 345 g/mol. The molecule has 1 fully saturated rings. The lowest BCUT2D eigenvalue weighted by Gasteiger charge is -2.30. The molecule has 0 atom stereocenters. The highest BCUT2D eigenvalue weighted by atomic mass is 16.2. The third-order valence-electron chi connectivity index (χ3n) is 4.42. The van der Waals surface area contributed by atoms with Gasteiger partial charge in [-0.15, -0.1) is 0 Å². The first-order valence-corrected chi connectivity index (χ1v) is 9.30. The smallest absolute Gasteiger partial charge is 0.225 e. The van der Waals surface area contributed by atoms with Crippen molar-refractivity contribution >= 4 is 23.2 Å². The summed E-state index contributed by atoms with van der Waals surface area (Å²) in [4.78, 5) is 26.4. The van der Waals surface area contributed by atoms with E-state index in [0.717, 1.165) is 24.5 Å². The van der Waals surface area contributed by atoms with Crippen LogP contribution in [-0.2, 0) is 9.59 Å². The normalized spacial score (nSPS) is 14.9. The molecule has 1 aliphatic heterocycles. The molecule has 0 bridgehead atoms. The minimum atomic E-state index is -0.393. The second-order valence-electron chi connectivity index (χ2n) is 7.72. The summed E-state index contributed by atoms with van der Waals surface area (Å²) in [6.45, 7) is 8.26. The molecule has 1 saturated heterocycles. The van der Waals surface area contributed by atoms with Crippen LogP contribution in [-0.4, -0.2) is 31.4 Å². The van der Waals surface area contributed by atoms with E-state index < -0.39 is 5.41 Å². The molecule has 0 aliphatic carbocycles. The highest BCUT2D eigenvalue weighted by molar-refractivity contribution is 5.94. The number of rotatable bonds is 6. The molecule has 2 rings (SSSR count). The fourth-order valence-electron chi connectivity index (χ4n) is 2.92. The molecule has 0 saturated carbocycles. The van der Waals surface area contributed by atoms with Gasteiger partial charge in [0.15, 0.2) is 0 Å². The van der Waals surface area contributed by atoms with Gasteiger partial charge in [0.05, 0.1) is 11.4 Å². The van der Waals surface area contributed by atoms with Crippen molar-refractivity contribution in [1.82, 2.24) is 5.32 Å². The van der Waals surface area contributed by atoms with E-state index in [0.29, 0.717) is 19.4 Å². The molecule has 1 aromatic carbocycles. The number of carbonyl (C=O) groups excluding carboxylic acids is 2. The molecule has 0 aromatic heterocycles. The number of nitrogens with one attached hydrogen (secondary N) is 2.